The zero-order valence-corrected chi connectivity index (χ0v) is 10.2. The number of nitrogens with one attached hydrogen (secondary N) is 1. The molecule has 0 saturated heterocycles. The average molecular weight is 212 g/mol. The van der Waals surface area contributed by atoms with Crippen molar-refractivity contribution in [2.75, 3.05) is 6.54 Å². The molecule has 1 rings (SSSR count). The Labute approximate surface area is 90.8 Å². The van der Waals surface area contributed by atoms with E-state index in [1.165, 1.54) is 23.5 Å². The van der Waals surface area contributed by atoms with Crippen LogP contribution >= 0.6 is 11.3 Å². The predicted octanol–water partition coefficient (Wildman–Crippen LogP) is 2.77. The highest BCUT2D eigenvalue weighted by Crippen LogP contribution is 2.08. The van der Waals surface area contributed by atoms with E-state index in [2.05, 4.69) is 36.5 Å². The summed E-state index contributed by atoms with van der Waals surface area (Å²) in [4.78, 5) is 4.44. The lowest BCUT2D eigenvalue weighted by Crippen LogP contribution is -2.29. The van der Waals surface area contributed by atoms with Crippen LogP contribution in [0.1, 0.15) is 37.4 Å². The summed E-state index contributed by atoms with van der Waals surface area (Å²) in [6.45, 7) is 7.57. The summed E-state index contributed by atoms with van der Waals surface area (Å²) in [5.41, 5.74) is 1.23. The van der Waals surface area contributed by atoms with Gasteiger partial charge in [0.2, 0.25) is 0 Å². The summed E-state index contributed by atoms with van der Waals surface area (Å²) in [6.07, 6.45) is 3.49. The van der Waals surface area contributed by atoms with E-state index in [0.29, 0.717) is 6.04 Å². The maximum atomic E-state index is 4.44. The first-order valence-corrected chi connectivity index (χ1v) is 6.28. The molecule has 0 aliphatic heterocycles. The summed E-state index contributed by atoms with van der Waals surface area (Å²) < 4.78 is 0. The van der Waals surface area contributed by atoms with Gasteiger partial charge in [-0.25, -0.2) is 4.98 Å². The molecule has 0 unspecified atom stereocenters. The van der Waals surface area contributed by atoms with Crippen LogP contribution in [0.25, 0.3) is 0 Å². The lowest BCUT2D eigenvalue weighted by Gasteiger charge is -2.13. The minimum Gasteiger partial charge on any atom is -0.314 e. The van der Waals surface area contributed by atoms with Gasteiger partial charge in [0.25, 0.3) is 0 Å². The Bertz CT molecular complexity index is 254. The van der Waals surface area contributed by atoms with Crippen LogP contribution in [0.4, 0.5) is 0 Å². The maximum absolute atomic E-state index is 4.44. The molecule has 3 heteroatoms. The Morgan fingerprint density at radius 3 is 2.64 bits per heavy atom. The van der Waals surface area contributed by atoms with Crippen LogP contribution in [0.3, 0.4) is 0 Å². The minimum atomic E-state index is 0.676. The van der Waals surface area contributed by atoms with Gasteiger partial charge in [-0.3, -0.25) is 0 Å². The Morgan fingerprint density at radius 1 is 1.43 bits per heavy atom. The van der Waals surface area contributed by atoms with Gasteiger partial charge in [0.05, 0.1) is 10.7 Å². The molecule has 1 aromatic rings. The van der Waals surface area contributed by atoms with Gasteiger partial charge in [0, 0.05) is 24.4 Å². The molecule has 14 heavy (non-hydrogen) atoms. The number of aryl methyl sites for hydroxylation is 1. The van der Waals surface area contributed by atoms with Crippen LogP contribution in [0.5, 0.6) is 0 Å². The molecule has 1 aromatic heterocycles. The lowest BCUT2D eigenvalue weighted by molar-refractivity contribution is 0.487. The standard InChI is InChI=1S/C11H20N2S/c1-4-10(5-2)12-7-6-11-8-14-9(3)13-11/h8,10,12H,4-7H2,1-3H3. The van der Waals surface area contributed by atoms with Crippen LogP contribution in [-0.4, -0.2) is 17.6 Å². The summed E-state index contributed by atoms with van der Waals surface area (Å²) in [7, 11) is 0. The second-order valence-corrected chi connectivity index (χ2v) is 4.64. The molecular formula is C11H20N2S. The van der Waals surface area contributed by atoms with Crippen molar-refractivity contribution < 1.29 is 0 Å². The van der Waals surface area contributed by atoms with Crippen LogP contribution in [-0.2, 0) is 6.42 Å². The zero-order chi connectivity index (χ0) is 10.4. The molecule has 0 amide bonds. The number of hydrogen-bond donors (Lipinski definition) is 1. The van der Waals surface area contributed by atoms with E-state index >= 15 is 0 Å². The van der Waals surface area contributed by atoms with E-state index < -0.39 is 0 Å². The molecule has 0 bridgehead atoms. The third-order valence-electron chi connectivity index (χ3n) is 2.47. The van der Waals surface area contributed by atoms with E-state index in [9.17, 15) is 0 Å². The van der Waals surface area contributed by atoms with Crippen molar-refractivity contribution in [3.8, 4) is 0 Å². The molecule has 0 aromatic carbocycles. The molecule has 1 N–H and O–H groups in total. The zero-order valence-electron chi connectivity index (χ0n) is 9.34. The van der Waals surface area contributed by atoms with Crippen molar-refractivity contribution in [1.82, 2.24) is 10.3 Å². The van der Waals surface area contributed by atoms with E-state index in [1.54, 1.807) is 11.3 Å². The van der Waals surface area contributed by atoms with Gasteiger partial charge in [-0.15, -0.1) is 11.3 Å². The normalized spacial score (nSPS) is 11.1. The molecule has 0 fully saturated rings. The molecule has 2 nitrogen and oxygen atoms in total. The SMILES string of the molecule is CCC(CC)NCCc1csc(C)n1. The number of thiazole rings is 1. The number of rotatable bonds is 6. The smallest absolute Gasteiger partial charge is 0.0897 e. The molecule has 1 heterocycles. The van der Waals surface area contributed by atoms with Crippen LogP contribution in [0.2, 0.25) is 0 Å². The number of hydrogen-bond acceptors (Lipinski definition) is 3. The molecule has 0 saturated carbocycles. The maximum Gasteiger partial charge on any atom is 0.0897 e. The van der Waals surface area contributed by atoms with Crippen molar-refractivity contribution >= 4 is 11.3 Å². The molecule has 0 aliphatic rings. The molecule has 80 valence electrons. The van der Waals surface area contributed by atoms with Crippen molar-refractivity contribution in [3.63, 3.8) is 0 Å². The fourth-order valence-electron chi connectivity index (χ4n) is 1.50. The minimum absolute atomic E-state index is 0.676. The average Bonchev–Trinajstić information content (AvgIpc) is 2.59. The van der Waals surface area contributed by atoms with Gasteiger partial charge in [0.15, 0.2) is 0 Å². The largest absolute Gasteiger partial charge is 0.314 e. The van der Waals surface area contributed by atoms with E-state index in [-0.39, 0.29) is 0 Å². The second kappa shape index (κ2) is 6.14. The quantitative estimate of drug-likeness (QED) is 0.784. The molecule has 0 aliphatic carbocycles. The van der Waals surface area contributed by atoms with Gasteiger partial charge in [0.1, 0.15) is 0 Å². The summed E-state index contributed by atoms with van der Waals surface area (Å²) in [6, 6.07) is 0.676. The fourth-order valence-corrected chi connectivity index (χ4v) is 2.15. The van der Waals surface area contributed by atoms with E-state index in [4.69, 9.17) is 0 Å². The van der Waals surface area contributed by atoms with Crippen molar-refractivity contribution in [2.45, 2.75) is 46.1 Å². The van der Waals surface area contributed by atoms with Gasteiger partial charge in [-0.05, 0) is 19.8 Å². The van der Waals surface area contributed by atoms with Gasteiger partial charge >= 0.3 is 0 Å². The number of aromatic nitrogens is 1. The highest BCUT2D eigenvalue weighted by molar-refractivity contribution is 7.09. The third kappa shape index (κ3) is 3.76. The van der Waals surface area contributed by atoms with Crippen LogP contribution in [0.15, 0.2) is 5.38 Å². The van der Waals surface area contributed by atoms with Crippen molar-refractivity contribution in [2.24, 2.45) is 0 Å². The predicted molar refractivity (Wildman–Crippen MR) is 62.9 cm³/mol. The molecular weight excluding hydrogens is 192 g/mol. The second-order valence-electron chi connectivity index (χ2n) is 3.58. The van der Waals surface area contributed by atoms with Gasteiger partial charge in [-0.1, -0.05) is 13.8 Å². The monoisotopic (exact) mass is 212 g/mol. The van der Waals surface area contributed by atoms with Crippen molar-refractivity contribution in [3.05, 3.63) is 16.1 Å². The van der Waals surface area contributed by atoms with E-state index in [1.807, 2.05) is 0 Å². The molecule has 0 spiro atoms. The Balaban J connectivity index is 2.21. The highest BCUT2D eigenvalue weighted by Gasteiger charge is 2.02. The first-order chi connectivity index (χ1) is 6.76. The first kappa shape index (κ1) is 11.7. The van der Waals surface area contributed by atoms with Gasteiger partial charge in [-0.2, -0.15) is 0 Å². The molecule has 0 atom stereocenters. The van der Waals surface area contributed by atoms with E-state index in [0.717, 1.165) is 13.0 Å². The molecule has 0 radical (unpaired) electrons. The van der Waals surface area contributed by atoms with Crippen LogP contribution < -0.4 is 5.32 Å². The Morgan fingerprint density at radius 2 is 2.14 bits per heavy atom. The van der Waals surface area contributed by atoms with Crippen molar-refractivity contribution in [1.29, 1.82) is 0 Å². The Kier molecular flexibility index (Phi) is 5.12. The fraction of sp³-hybridized carbons (Fsp3) is 0.727. The summed E-state index contributed by atoms with van der Waals surface area (Å²) >= 11 is 1.74. The number of nitrogens with zero attached hydrogens (tertiary/aromatic N) is 1. The Hall–Kier alpha value is -0.410. The van der Waals surface area contributed by atoms with Crippen LogP contribution in [0, 0.1) is 6.92 Å². The third-order valence-corrected chi connectivity index (χ3v) is 3.29. The lowest BCUT2D eigenvalue weighted by atomic mass is 10.1. The first-order valence-electron chi connectivity index (χ1n) is 5.40. The summed E-state index contributed by atoms with van der Waals surface area (Å²) in [5, 5.41) is 6.87. The highest BCUT2D eigenvalue weighted by atomic mass is 32.1. The topological polar surface area (TPSA) is 24.9 Å². The van der Waals surface area contributed by atoms with Gasteiger partial charge < -0.3 is 5.32 Å². The summed E-state index contributed by atoms with van der Waals surface area (Å²) in [5.74, 6) is 0.